The van der Waals surface area contributed by atoms with Crippen LogP contribution in [0.5, 0.6) is 17.2 Å². The van der Waals surface area contributed by atoms with Crippen LogP contribution in [0, 0.1) is 0 Å². The first kappa shape index (κ1) is 15.7. The zero-order chi connectivity index (χ0) is 15.8. The van der Waals surface area contributed by atoms with Crippen LogP contribution in [0.1, 0.15) is 5.56 Å². The molecule has 22 heavy (non-hydrogen) atoms. The first-order chi connectivity index (χ1) is 10.8. The summed E-state index contributed by atoms with van der Waals surface area (Å²) in [4.78, 5) is 3.96. The van der Waals surface area contributed by atoms with Crippen molar-refractivity contribution in [1.82, 2.24) is 5.48 Å². The number of aliphatic imine (C=N–C) groups is 1. The molecule has 0 aromatic heterocycles. The van der Waals surface area contributed by atoms with E-state index in [1.807, 2.05) is 23.7 Å². The zero-order valence-electron chi connectivity index (χ0n) is 12.4. The summed E-state index contributed by atoms with van der Waals surface area (Å²) in [6.07, 6.45) is 1.19. The Balaban J connectivity index is 2.02. The minimum atomic E-state index is 0.383. The van der Waals surface area contributed by atoms with Gasteiger partial charge in [0.15, 0.2) is 0 Å². The lowest BCUT2D eigenvalue weighted by atomic mass is 10.2. The molecule has 0 radical (unpaired) electrons. The lowest BCUT2D eigenvalue weighted by Crippen LogP contribution is -2.01. The first-order valence-electron chi connectivity index (χ1n) is 6.62. The second-order valence-corrected chi connectivity index (χ2v) is 4.35. The third kappa shape index (κ3) is 4.13. The lowest BCUT2D eigenvalue weighted by Gasteiger charge is -2.11. The molecule has 2 aromatic rings. The van der Waals surface area contributed by atoms with Gasteiger partial charge in [0.05, 0.1) is 19.9 Å². The quantitative estimate of drug-likeness (QED) is 0.467. The number of rotatable bonds is 7. The normalized spacial score (nSPS) is 10.5. The monoisotopic (exact) mass is 302 g/mol. The summed E-state index contributed by atoms with van der Waals surface area (Å²) in [5.74, 6) is 2.17. The molecule has 0 fully saturated rings. The Kier molecular flexibility index (Phi) is 5.62. The van der Waals surface area contributed by atoms with Crippen molar-refractivity contribution in [1.29, 1.82) is 0 Å². The molecule has 6 nitrogen and oxygen atoms in total. The lowest BCUT2D eigenvalue weighted by molar-refractivity contribution is 0.240. The van der Waals surface area contributed by atoms with Crippen molar-refractivity contribution >= 4 is 12.0 Å². The van der Waals surface area contributed by atoms with Crippen molar-refractivity contribution in [3.05, 3.63) is 48.0 Å². The highest BCUT2D eigenvalue weighted by Crippen LogP contribution is 2.26. The molecule has 2 rings (SSSR count). The van der Waals surface area contributed by atoms with Gasteiger partial charge in [-0.1, -0.05) is 0 Å². The van der Waals surface area contributed by atoms with E-state index >= 15 is 0 Å². The molecule has 0 saturated carbocycles. The van der Waals surface area contributed by atoms with Crippen molar-refractivity contribution < 1.29 is 19.4 Å². The molecule has 6 heteroatoms. The number of nitrogens with one attached hydrogen (secondary N) is 1. The number of methoxy groups -OCH3 is 2. The van der Waals surface area contributed by atoms with E-state index < -0.39 is 0 Å². The molecule has 2 aromatic carbocycles. The van der Waals surface area contributed by atoms with E-state index in [2.05, 4.69) is 4.99 Å². The Labute approximate surface area is 128 Å². The molecule has 0 unspecified atom stereocenters. The van der Waals surface area contributed by atoms with E-state index in [-0.39, 0.29) is 0 Å². The molecule has 0 aliphatic carbocycles. The second kappa shape index (κ2) is 7.90. The van der Waals surface area contributed by atoms with Gasteiger partial charge in [0.25, 0.3) is 0 Å². The average Bonchev–Trinajstić information content (AvgIpc) is 2.58. The maximum atomic E-state index is 8.43. The average molecular weight is 302 g/mol. The van der Waals surface area contributed by atoms with Gasteiger partial charge in [-0.3, -0.25) is 10.7 Å². The summed E-state index contributed by atoms with van der Waals surface area (Å²) in [6, 6.07) is 12.8. The van der Waals surface area contributed by atoms with Gasteiger partial charge in [-0.05, 0) is 36.4 Å². The van der Waals surface area contributed by atoms with Crippen molar-refractivity contribution in [3.63, 3.8) is 0 Å². The summed E-state index contributed by atoms with van der Waals surface area (Å²) in [5.41, 5.74) is 3.48. The molecule has 2 N–H and O–H groups in total. The fourth-order valence-corrected chi connectivity index (χ4v) is 1.86. The molecule has 0 saturated heterocycles. The van der Waals surface area contributed by atoms with Gasteiger partial charge in [0, 0.05) is 11.6 Å². The van der Waals surface area contributed by atoms with Crippen LogP contribution in [0.25, 0.3) is 0 Å². The maximum absolute atomic E-state index is 8.43. The van der Waals surface area contributed by atoms with Crippen LogP contribution < -0.4 is 19.7 Å². The highest BCUT2D eigenvalue weighted by atomic mass is 16.5. The Morgan fingerprint density at radius 2 is 1.77 bits per heavy atom. The predicted molar refractivity (Wildman–Crippen MR) is 83.4 cm³/mol. The second-order valence-electron chi connectivity index (χ2n) is 4.35. The number of hydrogen-bond donors (Lipinski definition) is 2. The van der Waals surface area contributed by atoms with Crippen LogP contribution in [0.4, 0.5) is 5.69 Å². The van der Waals surface area contributed by atoms with Gasteiger partial charge in [0.1, 0.15) is 30.2 Å². The van der Waals surface area contributed by atoms with Crippen molar-refractivity contribution in [2.45, 2.75) is 6.61 Å². The first-order valence-corrected chi connectivity index (χ1v) is 6.62. The Morgan fingerprint density at radius 3 is 2.41 bits per heavy atom. The van der Waals surface area contributed by atoms with Gasteiger partial charge in [-0.2, -0.15) is 0 Å². The highest BCUT2D eigenvalue weighted by Gasteiger charge is 2.06. The van der Waals surface area contributed by atoms with Crippen LogP contribution in [0.3, 0.4) is 0 Å². The van der Waals surface area contributed by atoms with Crippen LogP contribution in [0.2, 0.25) is 0 Å². The van der Waals surface area contributed by atoms with Gasteiger partial charge in [-0.15, -0.1) is 0 Å². The van der Waals surface area contributed by atoms with E-state index in [9.17, 15) is 0 Å². The number of ether oxygens (including phenoxy) is 3. The van der Waals surface area contributed by atoms with Gasteiger partial charge < -0.3 is 14.2 Å². The van der Waals surface area contributed by atoms with E-state index in [1.54, 1.807) is 38.5 Å². The zero-order valence-corrected chi connectivity index (χ0v) is 12.4. The minimum Gasteiger partial charge on any atom is -0.497 e. The Hall–Kier alpha value is -2.73. The number of benzene rings is 2. The summed E-state index contributed by atoms with van der Waals surface area (Å²) in [5, 5.41) is 8.43. The molecule has 0 amide bonds. The molecule has 0 bridgehead atoms. The van der Waals surface area contributed by atoms with Crippen molar-refractivity contribution in [2.75, 3.05) is 14.2 Å². The minimum absolute atomic E-state index is 0.383. The van der Waals surface area contributed by atoms with Crippen LogP contribution in [-0.4, -0.2) is 25.8 Å². The SMILES string of the molecule is COc1ccc(COc2ccc(N=CNO)cc2)c(OC)c1. The molecule has 0 heterocycles. The van der Waals surface area contributed by atoms with Crippen LogP contribution >= 0.6 is 0 Å². The molecule has 0 spiro atoms. The topological polar surface area (TPSA) is 72.3 Å². The highest BCUT2D eigenvalue weighted by molar-refractivity contribution is 5.59. The van der Waals surface area contributed by atoms with Gasteiger partial charge in [-0.25, -0.2) is 4.99 Å². The number of hydroxylamine groups is 1. The molecular weight excluding hydrogens is 284 g/mol. The summed E-state index contributed by atoms with van der Waals surface area (Å²) in [6.45, 7) is 0.383. The molecule has 116 valence electrons. The number of nitrogens with zero attached hydrogens (tertiary/aromatic N) is 1. The molecular formula is C16H18N2O4. The number of hydrogen-bond acceptors (Lipinski definition) is 5. The maximum Gasteiger partial charge on any atom is 0.129 e. The summed E-state index contributed by atoms with van der Waals surface area (Å²) in [7, 11) is 3.22. The molecule has 0 atom stereocenters. The van der Waals surface area contributed by atoms with Gasteiger partial charge in [0.2, 0.25) is 0 Å². The fraction of sp³-hybridized carbons (Fsp3) is 0.188. The van der Waals surface area contributed by atoms with E-state index in [1.165, 1.54) is 6.34 Å². The third-order valence-corrected chi connectivity index (χ3v) is 3.00. The molecule has 0 aliphatic heterocycles. The Morgan fingerprint density at radius 1 is 1.05 bits per heavy atom. The van der Waals surface area contributed by atoms with Crippen LogP contribution in [0.15, 0.2) is 47.5 Å². The smallest absolute Gasteiger partial charge is 0.129 e. The van der Waals surface area contributed by atoms with Crippen molar-refractivity contribution in [2.24, 2.45) is 4.99 Å². The van der Waals surface area contributed by atoms with Gasteiger partial charge >= 0.3 is 0 Å². The third-order valence-electron chi connectivity index (χ3n) is 3.00. The van der Waals surface area contributed by atoms with Crippen molar-refractivity contribution in [3.8, 4) is 17.2 Å². The molecule has 0 aliphatic rings. The fourth-order valence-electron chi connectivity index (χ4n) is 1.86. The van der Waals surface area contributed by atoms with E-state index in [0.29, 0.717) is 18.0 Å². The summed E-state index contributed by atoms with van der Waals surface area (Å²) < 4.78 is 16.2. The Bertz CT molecular complexity index is 627. The summed E-state index contributed by atoms with van der Waals surface area (Å²) >= 11 is 0. The largest absolute Gasteiger partial charge is 0.497 e. The van der Waals surface area contributed by atoms with E-state index in [0.717, 1.165) is 17.1 Å². The predicted octanol–water partition coefficient (Wildman–Crippen LogP) is 2.92. The standard InChI is InChI=1S/C16H18N2O4/c1-20-15-6-3-12(16(9-15)21-2)10-22-14-7-4-13(5-8-14)17-11-18-19/h3-9,11,19H,10H2,1-2H3,(H,17,18). The van der Waals surface area contributed by atoms with Crippen LogP contribution in [-0.2, 0) is 6.61 Å². The van der Waals surface area contributed by atoms with E-state index in [4.69, 9.17) is 19.4 Å².